The highest BCUT2D eigenvalue weighted by molar-refractivity contribution is 5.89. The van der Waals surface area contributed by atoms with Crippen molar-refractivity contribution in [1.29, 1.82) is 0 Å². The number of halogens is 1. The molecule has 0 aliphatic heterocycles. The van der Waals surface area contributed by atoms with E-state index in [9.17, 15) is 4.79 Å². The topological polar surface area (TPSA) is 75.4 Å². The Morgan fingerprint density at radius 3 is 2.38 bits per heavy atom. The van der Waals surface area contributed by atoms with Crippen LogP contribution in [0.3, 0.4) is 0 Å². The van der Waals surface area contributed by atoms with E-state index in [1.807, 2.05) is 0 Å². The number of aliphatic hydroxyl groups is 1. The van der Waals surface area contributed by atoms with Crippen LogP contribution in [0.5, 0.6) is 0 Å². The summed E-state index contributed by atoms with van der Waals surface area (Å²) in [5, 5.41) is 11.8. The molecule has 0 radical (unpaired) electrons. The molecule has 0 aromatic carbocycles. The Balaban J connectivity index is 0.000000845. The molecule has 0 aromatic rings. The largest absolute Gasteiger partial charge is 0.393 e. The van der Waals surface area contributed by atoms with Crippen molar-refractivity contribution in [2.45, 2.75) is 43.4 Å². The average Bonchev–Trinajstić information content (AvgIpc) is 2.66. The van der Waals surface area contributed by atoms with Crippen LogP contribution >= 0.6 is 12.4 Å². The van der Waals surface area contributed by atoms with Crippen LogP contribution in [-0.2, 0) is 4.79 Å². The number of aliphatic hydroxyl groups excluding tert-OH is 1. The first-order chi connectivity index (χ1) is 5.60. The molecule has 0 spiro atoms. The summed E-state index contributed by atoms with van der Waals surface area (Å²) in [7, 11) is 0. The minimum atomic E-state index is -0.569. The summed E-state index contributed by atoms with van der Waals surface area (Å²) in [6.07, 6.45) is 2.74. The summed E-state index contributed by atoms with van der Waals surface area (Å²) < 4.78 is 0. The summed E-state index contributed by atoms with van der Waals surface area (Å²) >= 11 is 0. The Kier molecular flexibility index (Phi) is 2.85. The Labute approximate surface area is 83.3 Å². The summed E-state index contributed by atoms with van der Waals surface area (Å²) in [6, 6.07) is 0.161. The van der Waals surface area contributed by atoms with Crippen LogP contribution in [0, 0.1) is 0 Å². The van der Waals surface area contributed by atoms with Gasteiger partial charge in [0, 0.05) is 6.04 Å². The Bertz CT molecular complexity index is 212. The zero-order chi connectivity index (χ0) is 8.77. The Hall–Kier alpha value is -0.320. The molecule has 13 heavy (non-hydrogen) atoms. The number of hydrogen-bond donors (Lipinski definition) is 3. The van der Waals surface area contributed by atoms with E-state index >= 15 is 0 Å². The molecule has 0 atom stereocenters. The minimum absolute atomic E-state index is 0. The molecule has 2 rings (SSSR count). The molecule has 4 nitrogen and oxygen atoms in total. The van der Waals surface area contributed by atoms with Crippen molar-refractivity contribution < 1.29 is 9.90 Å². The summed E-state index contributed by atoms with van der Waals surface area (Å²) in [5.74, 6) is -0.0422. The van der Waals surface area contributed by atoms with Gasteiger partial charge in [-0.2, -0.15) is 0 Å². The van der Waals surface area contributed by atoms with Crippen molar-refractivity contribution in [2.75, 3.05) is 0 Å². The predicted molar refractivity (Wildman–Crippen MR) is 50.6 cm³/mol. The van der Waals surface area contributed by atoms with Crippen molar-refractivity contribution in [1.82, 2.24) is 5.32 Å². The normalized spacial score (nSPS) is 34.0. The molecule has 4 N–H and O–H groups in total. The van der Waals surface area contributed by atoms with Gasteiger partial charge in [0.1, 0.15) is 0 Å². The fraction of sp³-hybridized carbons (Fsp3) is 0.875. The van der Waals surface area contributed by atoms with Gasteiger partial charge in [-0.15, -0.1) is 12.4 Å². The fourth-order valence-corrected chi connectivity index (χ4v) is 1.40. The third kappa shape index (κ3) is 2.13. The molecule has 0 unspecified atom stereocenters. The molecular weight excluding hydrogens is 192 g/mol. The molecule has 0 aromatic heterocycles. The van der Waals surface area contributed by atoms with Crippen LogP contribution < -0.4 is 11.1 Å². The van der Waals surface area contributed by atoms with Gasteiger partial charge in [-0.3, -0.25) is 4.79 Å². The average molecular weight is 207 g/mol. The van der Waals surface area contributed by atoms with Crippen LogP contribution in [0.4, 0.5) is 0 Å². The highest BCUT2D eigenvalue weighted by Gasteiger charge is 2.47. The van der Waals surface area contributed by atoms with Gasteiger partial charge in [0.25, 0.3) is 0 Å². The maximum absolute atomic E-state index is 11.3. The van der Waals surface area contributed by atoms with E-state index in [1.54, 1.807) is 0 Å². The van der Waals surface area contributed by atoms with Crippen molar-refractivity contribution in [3.05, 3.63) is 0 Å². The molecule has 2 fully saturated rings. The molecule has 2 aliphatic carbocycles. The first-order valence-electron chi connectivity index (χ1n) is 4.38. The van der Waals surface area contributed by atoms with Crippen molar-refractivity contribution >= 4 is 18.3 Å². The zero-order valence-corrected chi connectivity index (χ0v) is 8.14. The number of hydrogen-bond acceptors (Lipinski definition) is 3. The van der Waals surface area contributed by atoms with Crippen LogP contribution in [0.15, 0.2) is 0 Å². The lowest BCUT2D eigenvalue weighted by Gasteiger charge is -2.32. The number of amides is 1. The van der Waals surface area contributed by atoms with E-state index in [-0.39, 0.29) is 30.5 Å². The van der Waals surface area contributed by atoms with Crippen molar-refractivity contribution in [2.24, 2.45) is 5.73 Å². The van der Waals surface area contributed by atoms with Gasteiger partial charge in [-0.05, 0) is 25.7 Å². The first-order valence-corrected chi connectivity index (χ1v) is 4.38. The minimum Gasteiger partial charge on any atom is -0.393 e. The van der Waals surface area contributed by atoms with Gasteiger partial charge in [0.15, 0.2) is 0 Å². The number of nitrogens with one attached hydrogen (secondary N) is 1. The second-order valence-corrected chi connectivity index (χ2v) is 3.95. The number of carbonyl (C=O) groups excluding carboxylic acids is 1. The quantitative estimate of drug-likeness (QED) is 0.572. The molecule has 1 amide bonds. The highest BCUT2D eigenvalue weighted by Crippen LogP contribution is 2.33. The predicted octanol–water partition coefficient (Wildman–Crippen LogP) is -0.461. The Morgan fingerprint density at radius 1 is 1.46 bits per heavy atom. The van der Waals surface area contributed by atoms with E-state index < -0.39 is 5.54 Å². The highest BCUT2D eigenvalue weighted by atomic mass is 35.5. The number of carbonyl (C=O) groups is 1. The Morgan fingerprint density at radius 2 is 2.00 bits per heavy atom. The van der Waals surface area contributed by atoms with Crippen LogP contribution in [-0.4, -0.2) is 28.7 Å². The molecule has 2 saturated carbocycles. The molecule has 2 aliphatic rings. The van der Waals surface area contributed by atoms with E-state index in [4.69, 9.17) is 10.8 Å². The second kappa shape index (κ2) is 3.44. The lowest BCUT2D eigenvalue weighted by atomic mass is 9.89. The van der Waals surface area contributed by atoms with E-state index in [0.29, 0.717) is 12.8 Å². The standard InChI is InChI=1S/C8H14N2O2.ClH/c9-8(1-2-8)7(12)10-5-3-6(11)4-5;/h5-6,11H,1-4,9H2,(H,10,12);1H. The maximum atomic E-state index is 11.3. The fourth-order valence-electron chi connectivity index (χ4n) is 1.40. The first kappa shape index (κ1) is 10.8. The second-order valence-electron chi connectivity index (χ2n) is 3.95. The SMILES string of the molecule is Cl.NC1(C(=O)NC2CC(O)C2)CC1. The molecule has 0 bridgehead atoms. The van der Waals surface area contributed by atoms with E-state index in [0.717, 1.165) is 12.8 Å². The van der Waals surface area contributed by atoms with Crippen LogP contribution in [0.1, 0.15) is 25.7 Å². The lowest BCUT2D eigenvalue weighted by Crippen LogP contribution is -2.52. The van der Waals surface area contributed by atoms with Gasteiger partial charge < -0.3 is 16.2 Å². The van der Waals surface area contributed by atoms with Gasteiger partial charge in [-0.1, -0.05) is 0 Å². The van der Waals surface area contributed by atoms with E-state index in [1.165, 1.54) is 0 Å². The van der Waals surface area contributed by atoms with E-state index in [2.05, 4.69) is 5.32 Å². The smallest absolute Gasteiger partial charge is 0.240 e. The van der Waals surface area contributed by atoms with Crippen LogP contribution in [0.25, 0.3) is 0 Å². The molecule has 0 heterocycles. The van der Waals surface area contributed by atoms with Gasteiger partial charge in [0.2, 0.25) is 5.91 Å². The van der Waals surface area contributed by atoms with Gasteiger partial charge in [-0.25, -0.2) is 0 Å². The number of rotatable bonds is 2. The van der Waals surface area contributed by atoms with Crippen LogP contribution in [0.2, 0.25) is 0 Å². The molecule has 0 saturated heterocycles. The zero-order valence-electron chi connectivity index (χ0n) is 7.32. The van der Waals surface area contributed by atoms with Gasteiger partial charge in [0.05, 0.1) is 11.6 Å². The third-order valence-corrected chi connectivity index (χ3v) is 2.69. The summed E-state index contributed by atoms with van der Waals surface area (Å²) in [4.78, 5) is 11.3. The lowest BCUT2D eigenvalue weighted by molar-refractivity contribution is -0.125. The summed E-state index contributed by atoms with van der Waals surface area (Å²) in [6.45, 7) is 0. The summed E-state index contributed by atoms with van der Waals surface area (Å²) in [5.41, 5.74) is 5.11. The monoisotopic (exact) mass is 206 g/mol. The molecule has 76 valence electrons. The molecule has 5 heteroatoms. The number of nitrogens with two attached hydrogens (primary N) is 1. The van der Waals surface area contributed by atoms with Crippen molar-refractivity contribution in [3.63, 3.8) is 0 Å². The maximum Gasteiger partial charge on any atom is 0.240 e. The van der Waals surface area contributed by atoms with Crippen molar-refractivity contribution in [3.8, 4) is 0 Å². The third-order valence-electron chi connectivity index (χ3n) is 2.69. The van der Waals surface area contributed by atoms with Gasteiger partial charge >= 0.3 is 0 Å². The molecular formula is C8H15ClN2O2.